The highest BCUT2D eigenvalue weighted by molar-refractivity contribution is 9.09. The first-order valence-electron chi connectivity index (χ1n) is 9.04. The summed E-state index contributed by atoms with van der Waals surface area (Å²) in [4.78, 5) is 48.0. The molecule has 3 unspecified atom stereocenters. The summed E-state index contributed by atoms with van der Waals surface area (Å²) in [5.41, 5.74) is -3.09. The topological polar surface area (TPSA) is 107 Å². The number of carbonyl (C=O) groups excluding carboxylic acids is 2. The summed E-state index contributed by atoms with van der Waals surface area (Å²) < 4.78 is 25.2. The summed E-state index contributed by atoms with van der Waals surface area (Å²) in [6.07, 6.45) is 0.435. The number of hydrogen-bond acceptors (Lipinski definition) is 6. The molecule has 1 aliphatic heterocycles. The largest absolute Gasteiger partial charge is 0.452 e. The van der Waals surface area contributed by atoms with Crippen LogP contribution in [0, 0.1) is 5.82 Å². The molecule has 1 saturated heterocycles. The zero-order valence-corrected chi connectivity index (χ0v) is 18.2. The molecule has 28 heavy (non-hydrogen) atoms. The third kappa shape index (κ3) is 6.10. The molecule has 0 aromatic carbocycles. The van der Waals surface area contributed by atoms with Crippen LogP contribution in [0.1, 0.15) is 60.1 Å². The molecule has 2 heterocycles. The van der Waals surface area contributed by atoms with Gasteiger partial charge in [-0.15, -0.1) is 0 Å². The molecule has 1 aromatic heterocycles. The highest BCUT2D eigenvalue weighted by atomic mass is 79.9. The van der Waals surface area contributed by atoms with E-state index in [-0.39, 0.29) is 17.0 Å². The number of aromatic nitrogens is 2. The summed E-state index contributed by atoms with van der Waals surface area (Å²) >= 11 is 3.44. The first-order chi connectivity index (χ1) is 13.0. The van der Waals surface area contributed by atoms with Gasteiger partial charge in [-0.1, -0.05) is 29.8 Å². The average molecular weight is 465 g/mol. The second-order valence-corrected chi connectivity index (χ2v) is 7.77. The normalized spacial score (nSPS) is 21.6. The second-order valence-electron chi connectivity index (χ2n) is 6.59. The molecule has 8 nitrogen and oxygen atoms in total. The summed E-state index contributed by atoms with van der Waals surface area (Å²) in [6, 6.07) is 0. The molecule has 1 N–H and O–H groups in total. The summed E-state index contributed by atoms with van der Waals surface area (Å²) in [6.45, 7) is 8.27. The molecule has 0 saturated carbocycles. The van der Waals surface area contributed by atoms with Crippen LogP contribution >= 0.6 is 15.9 Å². The smallest absolute Gasteiger partial charge is 0.330 e. The number of esters is 1. The Balaban J connectivity index is 0.00000190. The van der Waals surface area contributed by atoms with Crippen LogP contribution < -0.4 is 11.2 Å². The third-order valence-electron chi connectivity index (χ3n) is 4.12. The number of hydrogen-bond donors (Lipinski definition) is 1. The van der Waals surface area contributed by atoms with E-state index in [0.29, 0.717) is 12.8 Å². The molecule has 0 spiro atoms. The number of nitrogens with zero attached hydrogens (tertiary/aromatic N) is 1. The van der Waals surface area contributed by atoms with Gasteiger partial charge in [0.1, 0.15) is 6.23 Å². The Labute approximate surface area is 170 Å². The van der Waals surface area contributed by atoms with Crippen molar-refractivity contribution in [3.05, 3.63) is 32.9 Å². The Hall–Kier alpha value is -1.81. The molecule has 0 amide bonds. The van der Waals surface area contributed by atoms with Gasteiger partial charge in [0.25, 0.3) is 5.56 Å². The van der Waals surface area contributed by atoms with Crippen molar-refractivity contribution in [2.75, 3.05) is 0 Å². The molecule has 158 valence electrons. The van der Waals surface area contributed by atoms with Crippen LogP contribution in [0.3, 0.4) is 0 Å². The van der Waals surface area contributed by atoms with E-state index >= 15 is 0 Å². The van der Waals surface area contributed by atoms with Crippen molar-refractivity contribution in [1.29, 1.82) is 0 Å². The molecule has 2 rings (SSSR count). The lowest BCUT2D eigenvalue weighted by Crippen LogP contribution is -2.37. The number of carbonyl (C=O) groups is 2. The number of ketones is 1. The van der Waals surface area contributed by atoms with E-state index in [2.05, 4.69) is 15.9 Å². The number of aromatic amines is 1. The van der Waals surface area contributed by atoms with Crippen molar-refractivity contribution in [2.45, 2.75) is 76.6 Å². The first-order valence-corrected chi connectivity index (χ1v) is 9.96. The molecule has 3 atom stereocenters. The minimum Gasteiger partial charge on any atom is -0.452 e. The van der Waals surface area contributed by atoms with Gasteiger partial charge in [0.05, 0.1) is 12.3 Å². The molecule has 1 aliphatic rings. The zero-order chi connectivity index (χ0) is 21.6. The Morgan fingerprint density at radius 1 is 1.39 bits per heavy atom. The van der Waals surface area contributed by atoms with Gasteiger partial charge in [0.2, 0.25) is 5.82 Å². The fraction of sp³-hybridized carbons (Fsp3) is 0.667. The Kier molecular flexibility index (Phi) is 8.75. The molecule has 0 bridgehead atoms. The number of nitrogens with one attached hydrogen (secondary N) is 1. The van der Waals surface area contributed by atoms with Crippen LogP contribution in [0.4, 0.5) is 4.39 Å². The lowest BCUT2D eigenvalue weighted by molar-refractivity contribution is -0.162. The summed E-state index contributed by atoms with van der Waals surface area (Å²) in [5.74, 6) is -1.88. The van der Waals surface area contributed by atoms with E-state index in [9.17, 15) is 23.6 Å². The van der Waals surface area contributed by atoms with Crippen LogP contribution in [0.15, 0.2) is 15.8 Å². The van der Waals surface area contributed by atoms with E-state index in [1.807, 2.05) is 18.8 Å². The highest BCUT2D eigenvalue weighted by Crippen LogP contribution is 2.35. The van der Waals surface area contributed by atoms with Gasteiger partial charge in [-0.2, -0.15) is 4.39 Å². The Morgan fingerprint density at radius 2 is 2.00 bits per heavy atom. The van der Waals surface area contributed by atoms with Crippen LogP contribution in [0.2, 0.25) is 0 Å². The quantitative estimate of drug-likeness (QED) is 0.511. The van der Waals surface area contributed by atoms with Crippen LogP contribution in [-0.2, 0) is 19.1 Å². The van der Waals surface area contributed by atoms with Gasteiger partial charge >= 0.3 is 11.7 Å². The van der Waals surface area contributed by atoms with Crippen molar-refractivity contribution in [3.8, 4) is 0 Å². The van der Waals surface area contributed by atoms with E-state index in [1.165, 1.54) is 20.8 Å². The van der Waals surface area contributed by atoms with E-state index in [4.69, 9.17) is 9.47 Å². The maximum absolute atomic E-state index is 13.4. The molecular weight excluding hydrogens is 439 g/mol. The Bertz CT molecular complexity index is 819. The van der Waals surface area contributed by atoms with Crippen LogP contribution in [-0.4, -0.2) is 37.8 Å². The SMILES string of the molecule is CC.CC(=O)OC(C)(C)C(=O)CCC1OC(n2cc(F)c(=O)[nH]c2=O)CC1Br. The predicted molar refractivity (Wildman–Crippen MR) is 104 cm³/mol. The minimum absolute atomic E-state index is 0.106. The zero-order valence-electron chi connectivity index (χ0n) is 16.6. The predicted octanol–water partition coefficient (Wildman–Crippen LogP) is 2.44. The minimum atomic E-state index is -1.23. The summed E-state index contributed by atoms with van der Waals surface area (Å²) in [7, 11) is 0. The fourth-order valence-corrected chi connectivity index (χ4v) is 3.49. The van der Waals surface area contributed by atoms with E-state index in [0.717, 1.165) is 10.8 Å². The van der Waals surface area contributed by atoms with Crippen molar-refractivity contribution in [1.82, 2.24) is 9.55 Å². The standard InChI is InChI=1S/C16H20BrFN2O6.C2H6/c1-8(21)26-16(2,3)12(22)5-4-11-9(17)6-13(25-11)20-7-10(18)14(23)19-15(20)24;1-2/h7,9,11,13H,4-6H2,1-3H3,(H,19,23,24);1-2H3. The monoisotopic (exact) mass is 464 g/mol. The van der Waals surface area contributed by atoms with Gasteiger partial charge in [-0.3, -0.25) is 23.9 Å². The highest BCUT2D eigenvalue weighted by Gasteiger charge is 2.37. The Morgan fingerprint density at radius 3 is 2.57 bits per heavy atom. The number of alkyl halides is 1. The van der Waals surface area contributed by atoms with Crippen molar-refractivity contribution in [2.24, 2.45) is 0 Å². The average Bonchev–Trinajstić information content (AvgIpc) is 2.97. The molecule has 1 aromatic rings. The number of Topliss-reactive ketones (excluding diaryl/α,β-unsaturated/α-hetero) is 1. The molecule has 10 heteroatoms. The molecular formula is C18H26BrFN2O6. The van der Waals surface area contributed by atoms with Crippen molar-refractivity contribution in [3.63, 3.8) is 0 Å². The second kappa shape index (κ2) is 10.1. The number of ether oxygens (including phenoxy) is 2. The molecule has 0 aliphatic carbocycles. The number of rotatable bonds is 6. The van der Waals surface area contributed by atoms with E-state index < -0.39 is 41.0 Å². The third-order valence-corrected chi connectivity index (χ3v) is 5.09. The van der Waals surface area contributed by atoms with Crippen molar-refractivity contribution >= 4 is 27.7 Å². The maximum Gasteiger partial charge on any atom is 0.330 e. The van der Waals surface area contributed by atoms with Crippen molar-refractivity contribution < 1.29 is 23.5 Å². The number of halogens is 2. The van der Waals surface area contributed by atoms with Gasteiger partial charge in [0, 0.05) is 24.6 Å². The summed E-state index contributed by atoms with van der Waals surface area (Å²) in [5, 5.41) is 0. The van der Waals surface area contributed by atoms with Gasteiger partial charge in [-0.25, -0.2) is 4.79 Å². The van der Waals surface area contributed by atoms with E-state index in [1.54, 1.807) is 0 Å². The van der Waals surface area contributed by atoms with Gasteiger partial charge in [0.15, 0.2) is 11.4 Å². The van der Waals surface area contributed by atoms with Crippen LogP contribution in [0.5, 0.6) is 0 Å². The first kappa shape index (κ1) is 24.2. The van der Waals surface area contributed by atoms with Gasteiger partial charge < -0.3 is 9.47 Å². The lowest BCUT2D eigenvalue weighted by Gasteiger charge is -2.24. The molecule has 1 fully saturated rings. The fourth-order valence-electron chi connectivity index (χ4n) is 2.78. The molecule has 0 radical (unpaired) electrons. The van der Waals surface area contributed by atoms with Crippen LogP contribution in [0.25, 0.3) is 0 Å². The number of H-pyrrole nitrogens is 1. The lowest BCUT2D eigenvalue weighted by atomic mass is 9.97. The maximum atomic E-state index is 13.4. The van der Waals surface area contributed by atoms with Gasteiger partial charge in [-0.05, 0) is 20.3 Å².